The Morgan fingerprint density at radius 1 is 1.53 bits per heavy atom. The van der Waals surface area contributed by atoms with Gasteiger partial charge in [-0.25, -0.2) is 0 Å². The van der Waals surface area contributed by atoms with Crippen LogP contribution in [0.1, 0.15) is 25.1 Å². The summed E-state index contributed by atoms with van der Waals surface area (Å²) in [4.78, 5) is 12.9. The first kappa shape index (κ1) is 16.8. The lowest BCUT2D eigenvalue weighted by molar-refractivity contribution is -0.119. The zero-order valence-corrected chi connectivity index (χ0v) is 13.6. The molecule has 6 heteroatoms. The third-order valence-corrected chi connectivity index (χ3v) is 5.05. The molecule has 0 fully saturated rings. The van der Waals surface area contributed by atoms with Gasteiger partial charge in [0.2, 0.25) is 5.91 Å². The highest BCUT2D eigenvalue weighted by Gasteiger charge is 2.17. The van der Waals surface area contributed by atoms with Crippen molar-refractivity contribution in [3.63, 3.8) is 0 Å². The molecular weight excluding hydrogens is 302 g/mol. The number of rotatable bonds is 8. The molecule has 2 N–H and O–H groups in total. The van der Waals surface area contributed by atoms with Crippen LogP contribution in [0.4, 0.5) is 0 Å². The highest BCUT2D eigenvalue weighted by molar-refractivity contribution is 7.99. The summed E-state index contributed by atoms with van der Waals surface area (Å²) in [5.74, 6) is 1.30. The molecule has 0 aromatic carbocycles. The van der Waals surface area contributed by atoms with Crippen molar-refractivity contribution in [2.75, 3.05) is 18.9 Å². The number of hydrogen-bond donors (Lipinski definition) is 2. The van der Waals surface area contributed by atoms with E-state index in [0.29, 0.717) is 18.7 Å². The SMILES string of the molecule is CC(C)(CCO)CNC(=O)CSCc1ccc(Cl)s1. The number of aliphatic hydroxyl groups is 1. The molecule has 0 saturated heterocycles. The van der Waals surface area contributed by atoms with Gasteiger partial charge in [0.1, 0.15) is 0 Å². The average molecular weight is 322 g/mol. The third-order valence-electron chi connectivity index (χ3n) is 2.66. The van der Waals surface area contributed by atoms with Crippen LogP contribution in [0.25, 0.3) is 0 Å². The predicted molar refractivity (Wildman–Crippen MR) is 84.0 cm³/mol. The molecule has 0 spiro atoms. The number of thiophene rings is 1. The molecule has 19 heavy (non-hydrogen) atoms. The molecule has 0 aliphatic carbocycles. The fourth-order valence-electron chi connectivity index (χ4n) is 1.45. The summed E-state index contributed by atoms with van der Waals surface area (Å²) in [6.45, 7) is 4.81. The number of carbonyl (C=O) groups is 1. The Kier molecular flexibility index (Phi) is 7.21. The highest BCUT2D eigenvalue weighted by Crippen LogP contribution is 2.25. The minimum Gasteiger partial charge on any atom is -0.396 e. The number of carbonyl (C=O) groups excluding carboxylic acids is 1. The summed E-state index contributed by atoms with van der Waals surface area (Å²) in [5, 5.41) is 11.8. The molecule has 0 bridgehead atoms. The zero-order valence-electron chi connectivity index (χ0n) is 11.2. The van der Waals surface area contributed by atoms with E-state index in [2.05, 4.69) is 5.32 Å². The zero-order chi connectivity index (χ0) is 14.3. The van der Waals surface area contributed by atoms with Gasteiger partial charge < -0.3 is 10.4 Å². The minimum absolute atomic E-state index is 0.0404. The Bertz CT molecular complexity index is 407. The summed E-state index contributed by atoms with van der Waals surface area (Å²) in [7, 11) is 0. The van der Waals surface area contributed by atoms with Crippen LogP contribution >= 0.6 is 34.7 Å². The van der Waals surface area contributed by atoms with Crippen molar-refractivity contribution in [2.45, 2.75) is 26.0 Å². The Hall–Kier alpha value is -0.230. The quantitative estimate of drug-likeness (QED) is 0.773. The van der Waals surface area contributed by atoms with E-state index in [4.69, 9.17) is 16.7 Å². The van der Waals surface area contributed by atoms with Crippen LogP contribution in [0.3, 0.4) is 0 Å². The van der Waals surface area contributed by atoms with E-state index >= 15 is 0 Å². The van der Waals surface area contributed by atoms with Crippen LogP contribution in [0.5, 0.6) is 0 Å². The van der Waals surface area contributed by atoms with Gasteiger partial charge in [-0.05, 0) is 24.0 Å². The molecule has 0 aliphatic heterocycles. The van der Waals surface area contributed by atoms with Crippen LogP contribution < -0.4 is 5.32 Å². The molecule has 1 aromatic heterocycles. The molecule has 1 heterocycles. The van der Waals surface area contributed by atoms with Gasteiger partial charge in [-0.2, -0.15) is 0 Å². The fourth-order valence-corrected chi connectivity index (χ4v) is 3.51. The van der Waals surface area contributed by atoms with Gasteiger partial charge in [0.15, 0.2) is 0 Å². The normalized spacial score (nSPS) is 11.6. The summed E-state index contributed by atoms with van der Waals surface area (Å²) in [6, 6.07) is 3.86. The first-order chi connectivity index (χ1) is 8.93. The van der Waals surface area contributed by atoms with Gasteiger partial charge >= 0.3 is 0 Å². The summed E-state index contributed by atoms with van der Waals surface area (Å²) >= 11 is 8.97. The molecule has 1 amide bonds. The van der Waals surface area contributed by atoms with Gasteiger partial charge in [0, 0.05) is 23.8 Å². The van der Waals surface area contributed by atoms with Gasteiger partial charge in [-0.1, -0.05) is 25.4 Å². The maximum Gasteiger partial charge on any atom is 0.230 e. The maximum absolute atomic E-state index is 11.7. The number of nitrogens with one attached hydrogen (secondary N) is 1. The second kappa shape index (κ2) is 8.15. The largest absolute Gasteiger partial charge is 0.396 e. The van der Waals surface area contributed by atoms with E-state index in [1.54, 1.807) is 23.1 Å². The molecule has 0 unspecified atom stereocenters. The number of halogens is 1. The van der Waals surface area contributed by atoms with E-state index in [-0.39, 0.29) is 17.9 Å². The van der Waals surface area contributed by atoms with Crippen LogP contribution in [0.15, 0.2) is 12.1 Å². The number of aliphatic hydroxyl groups excluding tert-OH is 1. The molecule has 1 rings (SSSR count). The smallest absolute Gasteiger partial charge is 0.230 e. The van der Waals surface area contributed by atoms with E-state index in [9.17, 15) is 4.79 Å². The van der Waals surface area contributed by atoms with E-state index in [1.165, 1.54) is 4.88 Å². The monoisotopic (exact) mass is 321 g/mol. The van der Waals surface area contributed by atoms with Crippen molar-refractivity contribution in [2.24, 2.45) is 5.41 Å². The van der Waals surface area contributed by atoms with Gasteiger partial charge in [0.25, 0.3) is 0 Å². The van der Waals surface area contributed by atoms with E-state index in [1.807, 2.05) is 26.0 Å². The summed E-state index contributed by atoms with van der Waals surface area (Å²) < 4.78 is 0.783. The van der Waals surface area contributed by atoms with Gasteiger partial charge in [-0.3, -0.25) is 4.79 Å². The van der Waals surface area contributed by atoms with Crippen LogP contribution in [0, 0.1) is 5.41 Å². The predicted octanol–water partition coefficient (Wildman–Crippen LogP) is 3.16. The van der Waals surface area contributed by atoms with Crippen LogP contribution in [-0.4, -0.2) is 29.9 Å². The number of thioether (sulfide) groups is 1. The topological polar surface area (TPSA) is 49.3 Å². The minimum atomic E-state index is -0.0592. The Balaban J connectivity index is 2.18. The lowest BCUT2D eigenvalue weighted by atomic mass is 9.90. The molecule has 0 aliphatic rings. The van der Waals surface area contributed by atoms with Crippen molar-refractivity contribution in [1.29, 1.82) is 0 Å². The number of hydrogen-bond acceptors (Lipinski definition) is 4. The van der Waals surface area contributed by atoms with Crippen molar-refractivity contribution < 1.29 is 9.90 Å². The molecule has 0 saturated carbocycles. The lowest BCUT2D eigenvalue weighted by Gasteiger charge is -2.23. The van der Waals surface area contributed by atoms with E-state index in [0.717, 1.165) is 10.1 Å². The molecule has 3 nitrogen and oxygen atoms in total. The molecular formula is C13H20ClNO2S2. The highest BCUT2D eigenvalue weighted by atomic mass is 35.5. The second-order valence-electron chi connectivity index (χ2n) is 5.11. The average Bonchev–Trinajstić information content (AvgIpc) is 2.73. The van der Waals surface area contributed by atoms with Gasteiger partial charge in [0.05, 0.1) is 10.1 Å². The molecule has 0 atom stereocenters. The third kappa shape index (κ3) is 7.20. The summed E-state index contributed by atoms with van der Waals surface area (Å²) in [6.07, 6.45) is 0.689. The Labute approximate surface area is 127 Å². The fraction of sp³-hybridized carbons (Fsp3) is 0.615. The molecule has 0 radical (unpaired) electrons. The van der Waals surface area contributed by atoms with Gasteiger partial charge in [-0.15, -0.1) is 23.1 Å². The van der Waals surface area contributed by atoms with Crippen LogP contribution in [0.2, 0.25) is 4.34 Å². The molecule has 108 valence electrons. The van der Waals surface area contributed by atoms with Crippen molar-refractivity contribution in [1.82, 2.24) is 5.32 Å². The lowest BCUT2D eigenvalue weighted by Crippen LogP contribution is -2.35. The second-order valence-corrected chi connectivity index (χ2v) is 7.90. The molecule has 1 aromatic rings. The Morgan fingerprint density at radius 2 is 2.26 bits per heavy atom. The van der Waals surface area contributed by atoms with Crippen molar-refractivity contribution in [3.8, 4) is 0 Å². The summed E-state index contributed by atoms with van der Waals surface area (Å²) in [5.41, 5.74) is -0.0592. The Morgan fingerprint density at radius 3 is 2.84 bits per heavy atom. The first-order valence-corrected chi connectivity index (χ1v) is 8.47. The van der Waals surface area contributed by atoms with E-state index < -0.39 is 0 Å². The standard InChI is InChI=1S/C13H20ClNO2S2/c1-13(2,5-6-16)9-15-12(17)8-18-7-10-3-4-11(14)19-10/h3-4,16H,5-9H2,1-2H3,(H,15,17). The van der Waals surface area contributed by atoms with Crippen molar-refractivity contribution in [3.05, 3.63) is 21.3 Å². The van der Waals surface area contributed by atoms with Crippen LogP contribution in [-0.2, 0) is 10.5 Å². The number of amides is 1. The maximum atomic E-state index is 11.7. The van der Waals surface area contributed by atoms with Crippen molar-refractivity contribution >= 4 is 40.6 Å². The first-order valence-electron chi connectivity index (χ1n) is 6.12.